The zero-order valence-corrected chi connectivity index (χ0v) is 15.0. The van der Waals surface area contributed by atoms with Crippen molar-refractivity contribution in [2.75, 3.05) is 32.7 Å². The van der Waals surface area contributed by atoms with Gasteiger partial charge in [0.05, 0.1) is 19.4 Å². The maximum atomic E-state index is 12.1. The van der Waals surface area contributed by atoms with Crippen molar-refractivity contribution < 1.29 is 23.8 Å². The second-order valence-corrected chi connectivity index (χ2v) is 5.24. The highest BCUT2D eigenvalue weighted by Crippen LogP contribution is 2.25. The zero-order chi connectivity index (χ0) is 18.9. The number of carbonyl (C=O) groups excluding carboxylic acids is 2. The van der Waals surface area contributed by atoms with E-state index in [0.29, 0.717) is 29.4 Å². The summed E-state index contributed by atoms with van der Waals surface area (Å²) >= 11 is 0. The van der Waals surface area contributed by atoms with Gasteiger partial charge in [0.2, 0.25) is 0 Å². The number of methoxy groups -OCH3 is 1. The minimum atomic E-state index is -0.343. The molecule has 138 valence electrons. The van der Waals surface area contributed by atoms with Crippen LogP contribution in [-0.4, -0.2) is 39.2 Å². The predicted octanol–water partition coefficient (Wildman–Crippen LogP) is 2.47. The van der Waals surface area contributed by atoms with Crippen LogP contribution in [0.15, 0.2) is 42.5 Å². The van der Waals surface area contributed by atoms with Gasteiger partial charge in [0, 0.05) is 12.6 Å². The third-order valence-corrected chi connectivity index (χ3v) is 3.47. The minimum Gasteiger partial charge on any atom is -0.495 e. The Bertz CT molecular complexity index is 759. The maximum Gasteiger partial charge on any atom is 0.262 e. The summed E-state index contributed by atoms with van der Waals surface area (Å²) in [6.07, 6.45) is 0. The second kappa shape index (κ2) is 9.31. The molecule has 7 heteroatoms. The first-order valence-corrected chi connectivity index (χ1v) is 8.13. The molecule has 0 aliphatic carbocycles. The van der Waals surface area contributed by atoms with Gasteiger partial charge in [-0.15, -0.1) is 0 Å². The summed E-state index contributed by atoms with van der Waals surface area (Å²) in [5.41, 5.74) is 0.897. The lowest BCUT2D eigenvalue weighted by molar-refractivity contribution is -0.118. The third-order valence-electron chi connectivity index (χ3n) is 3.47. The largest absolute Gasteiger partial charge is 0.495 e. The predicted molar refractivity (Wildman–Crippen MR) is 98.1 cm³/mol. The Morgan fingerprint density at radius 1 is 1.00 bits per heavy atom. The SMILES string of the molecule is CCOc1ccc(OCC(=O)Nc2ccc(C(=O)NC)cc2OC)cc1. The van der Waals surface area contributed by atoms with Gasteiger partial charge in [0.1, 0.15) is 17.2 Å². The highest BCUT2D eigenvalue weighted by molar-refractivity contribution is 5.97. The molecule has 0 atom stereocenters. The van der Waals surface area contributed by atoms with E-state index in [1.165, 1.54) is 7.11 Å². The van der Waals surface area contributed by atoms with Gasteiger partial charge in [-0.3, -0.25) is 9.59 Å². The lowest BCUT2D eigenvalue weighted by Crippen LogP contribution is -2.21. The number of ether oxygens (including phenoxy) is 3. The molecular formula is C19H22N2O5. The van der Waals surface area contributed by atoms with Crippen molar-refractivity contribution in [1.29, 1.82) is 0 Å². The molecule has 26 heavy (non-hydrogen) atoms. The van der Waals surface area contributed by atoms with Crippen molar-refractivity contribution in [1.82, 2.24) is 5.32 Å². The molecule has 0 unspecified atom stereocenters. The molecule has 0 saturated carbocycles. The number of amides is 2. The van der Waals surface area contributed by atoms with Gasteiger partial charge in [-0.25, -0.2) is 0 Å². The van der Waals surface area contributed by atoms with Gasteiger partial charge >= 0.3 is 0 Å². The molecular weight excluding hydrogens is 336 g/mol. The zero-order valence-electron chi connectivity index (χ0n) is 15.0. The number of hydrogen-bond acceptors (Lipinski definition) is 5. The molecule has 0 aliphatic rings. The summed E-state index contributed by atoms with van der Waals surface area (Å²) in [4.78, 5) is 23.8. The maximum absolute atomic E-state index is 12.1. The van der Waals surface area contributed by atoms with Crippen molar-refractivity contribution in [3.8, 4) is 17.2 Å². The molecule has 0 saturated heterocycles. The third kappa shape index (κ3) is 5.14. The van der Waals surface area contributed by atoms with Crippen molar-refractivity contribution in [2.45, 2.75) is 6.92 Å². The molecule has 0 radical (unpaired) electrons. The van der Waals surface area contributed by atoms with E-state index in [4.69, 9.17) is 14.2 Å². The van der Waals surface area contributed by atoms with Gasteiger partial charge in [0.15, 0.2) is 6.61 Å². The molecule has 2 aromatic rings. The Kier molecular flexibility index (Phi) is 6.84. The highest BCUT2D eigenvalue weighted by Gasteiger charge is 2.12. The van der Waals surface area contributed by atoms with E-state index >= 15 is 0 Å². The Hall–Kier alpha value is -3.22. The molecule has 2 amide bonds. The van der Waals surface area contributed by atoms with E-state index in [-0.39, 0.29) is 18.4 Å². The van der Waals surface area contributed by atoms with Gasteiger partial charge < -0.3 is 24.8 Å². The monoisotopic (exact) mass is 358 g/mol. The lowest BCUT2D eigenvalue weighted by atomic mass is 10.1. The lowest BCUT2D eigenvalue weighted by Gasteiger charge is -2.12. The Morgan fingerprint density at radius 3 is 2.23 bits per heavy atom. The van der Waals surface area contributed by atoms with Crippen LogP contribution < -0.4 is 24.8 Å². The number of anilines is 1. The molecule has 2 aromatic carbocycles. The van der Waals surface area contributed by atoms with Gasteiger partial charge in [-0.2, -0.15) is 0 Å². The van der Waals surface area contributed by atoms with E-state index in [0.717, 1.165) is 5.75 Å². The first-order chi connectivity index (χ1) is 12.6. The summed E-state index contributed by atoms with van der Waals surface area (Å²) < 4.78 is 16.0. The summed E-state index contributed by atoms with van der Waals surface area (Å²) in [5.74, 6) is 1.11. The number of nitrogens with one attached hydrogen (secondary N) is 2. The summed E-state index contributed by atoms with van der Waals surface area (Å²) in [5, 5.41) is 5.23. The van der Waals surface area contributed by atoms with Gasteiger partial charge in [0.25, 0.3) is 11.8 Å². The standard InChI is InChI=1S/C19H22N2O5/c1-4-25-14-6-8-15(9-7-14)26-12-18(22)21-16-10-5-13(19(23)20-2)11-17(16)24-3/h5-11H,4,12H2,1-3H3,(H,20,23)(H,21,22). The summed E-state index contributed by atoms with van der Waals surface area (Å²) in [7, 11) is 3.01. The van der Waals surface area contributed by atoms with Crippen LogP contribution >= 0.6 is 0 Å². The van der Waals surface area contributed by atoms with Crippen LogP contribution in [0.3, 0.4) is 0 Å². The molecule has 0 aliphatic heterocycles. The van der Waals surface area contributed by atoms with E-state index in [1.54, 1.807) is 49.5 Å². The van der Waals surface area contributed by atoms with Crippen molar-refractivity contribution in [2.24, 2.45) is 0 Å². The van der Waals surface area contributed by atoms with Crippen LogP contribution in [0.25, 0.3) is 0 Å². The van der Waals surface area contributed by atoms with Gasteiger partial charge in [-0.1, -0.05) is 0 Å². The smallest absolute Gasteiger partial charge is 0.262 e. The van der Waals surface area contributed by atoms with Crippen molar-refractivity contribution >= 4 is 17.5 Å². The Labute approximate surface area is 152 Å². The number of carbonyl (C=O) groups is 2. The molecule has 0 fully saturated rings. The summed E-state index contributed by atoms with van der Waals surface area (Å²) in [6.45, 7) is 2.34. The fourth-order valence-corrected chi connectivity index (χ4v) is 2.21. The van der Waals surface area contributed by atoms with Crippen molar-refractivity contribution in [3.05, 3.63) is 48.0 Å². The van der Waals surface area contributed by atoms with Crippen LogP contribution in [-0.2, 0) is 4.79 Å². The average Bonchev–Trinajstić information content (AvgIpc) is 2.67. The minimum absolute atomic E-state index is 0.158. The van der Waals surface area contributed by atoms with E-state index in [2.05, 4.69) is 10.6 Å². The number of benzene rings is 2. The van der Waals surface area contributed by atoms with Crippen LogP contribution in [0.1, 0.15) is 17.3 Å². The topological polar surface area (TPSA) is 85.9 Å². The summed E-state index contributed by atoms with van der Waals surface area (Å²) in [6, 6.07) is 11.8. The Balaban J connectivity index is 1.95. The molecule has 0 spiro atoms. The Morgan fingerprint density at radius 2 is 1.65 bits per heavy atom. The van der Waals surface area contributed by atoms with E-state index < -0.39 is 0 Å². The van der Waals surface area contributed by atoms with Crippen LogP contribution in [0, 0.1) is 0 Å². The normalized spacial score (nSPS) is 9.96. The number of rotatable bonds is 8. The average molecular weight is 358 g/mol. The molecule has 0 bridgehead atoms. The van der Waals surface area contributed by atoms with Crippen molar-refractivity contribution in [3.63, 3.8) is 0 Å². The fraction of sp³-hybridized carbons (Fsp3) is 0.263. The molecule has 0 heterocycles. The van der Waals surface area contributed by atoms with Crippen LogP contribution in [0.4, 0.5) is 5.69 Å². The van der Waals surface area contributed by atoms with E-state index in [9.17, 15) is 9.59 Å². The van der Waals surface area contributed by atoms with Crippen LogP contribution in [0.5, 0.6) is 17.2 Å². The molecule has 0 aromatic heterocycles. The van der Waals surface area contributed by atoms with E-state index in [1.807, 2.05) is 6.92 Å². The van der Waals surface area contributed by atoms with Crippen LogP contribution in [0.2, 0.25) is 0 Å². The second-order valence-electron chi connectivity index (χ2n) is 5.24. The highest BCUT2D eigenvalue weighted by atomic mass is 16.5. The molecule has 2 rings (SSSR count). The molecule has 7 nitrogen and oxygen atoms in total. The van der Waals surface area contributed by atoms with Gasteiger partial charge in [-0.05, 0) is 49.4 Å². The quantitative estimate of drug-likeness (QED) is 0.757. The first-order valence-electron chi connectivity index (χ1n) is 8.13. The number of hydrogen-bond donors (Lipinski definition) is 2. The first kappa shape index (κ1) is 19.1. The molecule has 2 N–H and O–H groups in total. The fourth-order valence-electron chi connectivity index (χ4n) is 2.21.